The van der Waals surface area contributed by atoms with Gasteiger partial charge in [-0.3, -0.25) is 0 Å². The molecule has 0 spiro atoms. The first kappa shape index (κ1) is 27.6. The number of hydrogen-bond acceptors (Lipinski definition) is 1. The summed E-state index contributed by atoms with van der Waals surface area (Å²) in [5.41, 5.74) is 4.62. The van der Waals surface area contributed by atoms with Gasteiger partial charge >= 0.3 is 0 Å². The van der Waals surface area contributed by atoms with Gasteiger partial charge in [0, 0.05) is 0 Å². The van der Waals surface area contributed by atoms with Crippen molar-refractivity contribution in [3.63, 3.8) is 0 Å². The van der Waals surface area contributed by atoms with E-state index in [2.05, 4.69) is 133 Å². The van der Waals surface area contributed by atoms with Crippen LogP contribution >= 0.6 is 0 Å². The van der Waals surface area contributed by atoms with Crippen molar-refractivity contribution in [1.82, 2.24) is 0 Å². The van der Waals surface area contributed by atoms with Crippen LogP contribution in [-0.2, 0) is 10.9 Å². The molecule has 0 aromatic heterocycles. The smallest absolute Gasteiger partial charge is 0.166 e. The molecule has 0 radical (unpaired) electrons. The SMILES string of the molecule is CC(C)c1cccc(C(C)C)c1C(C)C.COc1ccc([S+](c2ccccc2)c2ccccc2)cc1. The Bertz CT molecular complexity index is 1110. The predicted molar refractivity (Wildman–Crippen MR) is 157 cm³/mol. The van der Waals surface area contributed by atoms with Gasteiger partial charge in [0.15, 0.2) is 14.7 Å². The fourth-order valence-corrected chi connectivity index (χ4v) is 6.59. The zero-order valence-corrected chi connectivity index (χ0v) is 23.7. The second-order valence-corrected chi connectivity index (χ2v) is 11.9. The second kappa shape index (κ2) is 13.4. The van der Waals surface area contributed by atoms with Crippen molar-refractivity contribution in [2.24, 2.45) is 0 Å². The maximum absolute atomic E-state index is 5.26. The average Bonchev–Trinajstić information content (AvgIpc) is 2.90. The number of rotatable bonds is 7. The van der Waals surface area contributed by atoms with Gasteiger partial charge in [0.25, 0.3) is 0 Å². The normalized spacial score (nSPS) is 11.1. The van der Waals surface area contributed by atoms with Gasteiger partial charge in [-0.05, 0) is 83.0 Å². The molecule has 2 heteroatoms. The molecule has 1 nitrogen and oxygen atoms in total. The van der Waals surface area contributed by atoms with E-state index in [9.17, 15) is 0 Å². The first-order valence-electron chi connectivity index (χ1n) is 12.9. The van der Waals surface area contributed by atoms with Gasteiger partial charge in [-0.2, -0.15) is 0 Å². The van der Waals surface area contributed by atoms with E-state index in [1.54, 1.807) is 12.7 Å². The molecule has 0 atom stereocenters. The molecule has 4 aromatic carbocycles. The Kier molecular flexibility index (Phi) is 10.3. The van der Waals surface area contributed by atoms with Gasteiger partial charge in [-0.25, -0.2) is 0 Å². The van der Waals surface area contributed by atoms with Crippen molar-refractivity contribution in [3.8, 4) is 5.75 Å². The maximum Gasteiger partial charge on any atom is 0.166 e. The highest BCUT2D eigenvalue weighted by molar-refractivity contribution is 7.97. The van der Waals surface area contributed by atoms with Gasteiger partial charge in [-0.15, -0.1) is 0 Å². The second-order valence-electron chi connectivity index (χ2n) is 9.92. The minimum absolute atomic E-state index is 0.0804. The van der Waals surface area contributed by atoms with Crippen LogP contribution in [0.3, 0.4) is 0 Å². The van der Waals surface area contributed by atoms with E-state index in [1.807, 2.05) is 12.1 Å². The summed E-state index contributed by atoms with van der Waals surface area (Å²) in [6.45, 7) is 13.7. The Hall–Kier alpha value is -2.97. The van der Waals surface area contributed by atoms with Crippen LogP contribution in [0.1, 0.15) is 76.0 Å². The number of benzene rings is 4. The lowest BCUT2D eigenvalue weighted by atomic mass is 9.83. The van der Waals surface area contributed by atoms with E-state index in [0.717, 1.165) is 5.75 Å². The Balaban J connectivity index is 0.000000214. The molecule has 0 aliphatic rings. The molecule has 4 rings (SSSR count). The van der Waals surface area contributed by atoms with Crippen LogP contribution in [0.2, 0.25) is 0 Å². The highest BCUT2D eigenvalue weighted by Gasteiger charge is 2.28. The van der Waals surface area contributed by atoms with Crippen molar-refractivity contribution < 1.29 is 4.74 Å². The molecule has 0 amide bonds. The molecule has 0 aliphatic heterocycles. The fourth-order valence-electron chi connectivity index (χ4n) is 4.51. The molecule has 0 unspecified atom stereocenters. The van der Waals surface area contributed by atoms with Gasteiger partial charge in [0.05, 0.1) is 18.0 Å². The summed E-state index contributed by atoms with van der Waals surface area (Å²) in [6.07, 6.45) is 0. The van der Waals surface area contributed by atoms with Crippen LogP contribution in [0.4, 0.5) is 0 Å². The van der Waals surface area contributed by atoms with Crippen molar-refractivity contribution in [2.45, 2.75) is 74.0 Å². The van der Waals surface area contributed by atoms with Gasteiger partial charge < -0.3 is 4.74 Å². The predicted octanol–water partition coefficient (Wildman–Crippen LogP) is 9.85. The van der Waals surface area contributed by atoms with Crippen LogP contribution in [0.25, 0.3) is 0 Å². The molecule has 188 valence electrons. The monoisotopic (exact) mass is 497 g/mol. The third-order valence-electron chi connectivity index (χ3n) is 6.25. The molecular formula is C34H41OS+. The third-order valence-corrected chi connectivity index (χ3v) is 8.48. The summed E-state index contributed by atoms with van der Waals surface area (Å²) >= 11 is 0. The Labute approximate surface area is 221 Å². The topological polar surface area (TPSA) is 9.23 Å². The molecule has 0 fully saturated rings. The quantitative estimate of drug-likeness (QED) is 0.231. The Morgan fingerprint density at radius 3 is 1.25 bits per heavy atom. The Morgan fingerprint density at radius 1 is 0.472 bits per heavy atom. The molecule has 0 heterocycles. The average molecular weight is 498 g/mol. The van der Waals surface area contributed by atoms with Crippen molar-refractivity contribution in [3.05, 3.63) is 120 Å². The minimum Gasteiger partial charge on any atom is -0.497 e. The van der Waals surface area contributed by atoms with Crippen molar-refractivity contribution in [1.29, 1.82) is 0 Å². The van der Waals surface area contributed by atoms with E-state index < -0.39 is 0 Å². The summed E-state index contributed by atoms with van der Waals surface area (Å²) in [5.74, 6) is 2.77. The van der Waals surface area contributed by atoms with E-state index in [1.165, 1.54) is 25.8 Å². The first-order chi connectivity index (χ1) is 17.3. The summed E-state index contributed by atoms with van der Waals surface area (Å²) in [4.78, 5) is 3.95. The van der Waals surface area contributed by atoms with Crippen molar-refractivity contribution in [2.75, 3.05) is 7.11 Å². The van der Waals surface area contributed by atoms with Crippen LogP contribution in [0.15, 0.2) is 118 Å². The molecule has 36 heavy (non-hydrogen) atoms. The standard InChI is InChI=1S/C19H17OS.C15H24/c1-20-16-12-14-19(15-13-16)21(17-8-4-2-5-9-17)18-10-6-3-7-11-18;1-10(2)13-8-7-9-14(11(3)4)15(13)12(5)6/h2-15H,1H3;7-12H,1-6H3/q+1;. The van der Waals surface area contributed by atoms with E-state index >= 15 is 0 Å². The number of hydrogen-bond donors (Lipinski definition) is 0. The van der Waals surface area contributed by atoms with Gasteiger partial charge in [-0.1, -0.05) is 96.1 Å². The van der Waals surface area contributed by atoms with Crippen LogP contribution < -0.4 is 4.74 Å². The molecule has 0 saturated carbocycles. The molecular weight excluding hydrogens is 456 g/mol. The van der Waals surface area contributed by atoms with Crippen LogP contribution in [-0.4, -0.2) is 7.11 Å². The Morgan fingerprint density at radius 2 is 0.889 bits per heavy atom. The molecule has 0 bridgehead atoms. The lowest BCUT2D eigenvalue weighted by Crippen LogP contribution is -2.04. The lowest BCUT2D eigenvalue weighted by molar-refractivity contribution is 0.414. The largest absolute Gasteiger partial charge is 0.497 e. The minimum atomic E-state index is -0.0804. The summed E-state index contributed by atoms with van der Waals surface area (Å²) < 4.78 is 5.26. The summed E-state index contributed by atoms with van der Waals surface area (Å²) in [7, 11) is 1.62. The summed E-state index contributed by atoms with van der Waals surface area (Å²) in [6, 6.07) is 36.4. The van der Waals surface area contributed by atoms with Crippen molar-refractivity contribution >= 4 is 10.9 Å². The van der Waals surface area contributed by atoms with E-state index in [4.69, 9.17) is 4.74 Å². The maximum atomic E-state index is 5.26. The highest BCUT2D eigenvalue weighted by Crippen LogP contribution is 2.33. The number of ether oxygens (including phenoxy) is 1. The molecule has 4 aromatic rings. The third kappa shape index (κ3) is 7.04. The van der Waals surface area contributed by atoms with E-state index in [0.29, 0.717) is 17.8 Å². The fraction of sp³-hybridized carbons (Fsp3) is 0.294. The molecule has 0 aliphatic carbocycles. The van der Waals surface area contributed by atoms with Crippen LogP contribution in [0.5, 0.6) is 5.75 Å². The van der Waals surface area contributed by atoms with Crippen LogP contribution in [0, 0.1) is 0 Å². The molecule has 0 N–H and O–H groups in total. The zero-order chi connectivity index (χ0) is 26.1. The number of methoxy groups -OCH3 is 1. The van der Waals surface area contributed by atoms with Gasteiger partial charge in [0.1, 0.15) is 5.75 Å². The van der Waals surface area contributed by atoms with E-state index in [-0.39, 0.29) is 10.9 Å². The first-order valence-corrected chi connectivity index (χ1v) is 14.2. The zero-order valence-electron chi connectivity index (χ0n) is 22.9. The highest BCUT2D eigenvalue weighted by atomic mass is 32.2. The summed E-state index contributed by atoms with van der Waals surface area (Å²) in [5, 5.41) is 0. The lowest BCUT2D eigenvalue weighted by Gasteiger charge is -2.22. The van der Waals surface area contributed by atoms with Gasteiger partial charge in [0.2, 0.25) is 0 Å². The molecule has 0 saturated heterocycles.